The Labute approximate surface area is 165 Å². The lowest BCUT2D eigenvalue weighted by Crippen LogP contribution is -2.23. The molecule has 0 fully saturated rings. The Bertz CT molecular complexity index is 908. The zero-order valence-electron chi connectivity index (χ0n) is 15.4. The summed E-state index contributed by atoms with van der Waals surface area (Å²) in [6.45, 7) is 1.67. The molecule has 1 aliphatic rings. The van der Waals surface area contributed by atoms with Gasteiger partial charge in [-0.05, 0) is 48.4 Å². The second-order valence-corrected chi connectivity index (χ2v) is 8.04. The number of primary amides is 1. The number of thiophene rings is 1. The number of nitrogens with one attached hydrogen (secondary N) is 1. The topological polar surface area (TPSA) is 98.5 Å². The van der Waals surface area contributed by atoms with E-state index >= 15 is 0 Å². The van der Waals surface area contributed by atoms with Crippen LogP contribution in [0.3, 0.4) is 0 Å². The third-order valence-electron chi connectivity index (χ3n) is 4.64. The molecule has 1 aliphatic carbocycles. The van der Waals surface area contributed by atoms with Crippen molar-refractivity contribution < 1.29 is 23.5 Å². The number of benzene rings is 1. The number of amides is 2. The minimum Gasteiger partial charge on any atom is -0.455 e. The van der Waals surface area contributed by atoms with Gasteiger partial charge in [-0.3, -0.25) is 14.4 Å². The number of fused-ring (bicyclic) bond motifs is 1. The highest BCUT2D eigenvalue weighted by Gasteiger charge is 2.27. The van der Waals surface area contributed by atoms with Crippen LogP contribution in [0.2, 0.25) is 0 Å². The first-order chi connectivity index (χ1) is 13.3. The molecule has 0 aliphatic heterocycles. The number of ether oxygens (including phenoxy) is 1. The van der Waals surface area contributed by atoms with Crippen LogP contribution in [0, 0.1) is 11.7 Å². The van der Waals surface area contributed by atoms with Crippen LogP contribution >= 0.6 is 11.3 Å². The summed E-state index contributed by atoms with van der Waals surface area (Å²) in [5.41, 5.74) is 7.38. The van der Waals surface area contributed by atoms with Crippen molar-refractivity contribution in [2.75, 3.05) is 11.9 Å². The van der Waals surface area contributed by atoms with E-state index in [2.05, 4.69) is 12.2 Å². The summed E-state index contributed by atoms with van der Waals surface area (Å²) in [6.07, 6.45) is 2.51. The number of carbonyl (C=O) groups excluding carboxylic acids is 3. The van der Waals surface area contributed by atoms with Crippen LogP contribution in [0.4, 0.5) is 9.39 Å². The molecule has 0 saturated heterocycles. The fraction of sp³-hybridized carbons (Fsp3) is 0.350. The van der Waals surface area contributed by atoms with E-state index in [-0.39, 0.29) is 6.42 Å². The van der Waals surface area contributed by atoms with Gasteiger partial charge in [0.25, 0.3) is 11.8 Å². The lowest BCUT2D eigenvalue weighted by atomic mass is 9.88. The van der Waals surface area contributed by atoms with E-state index in [9.17, 15) is 18.8 Å². The molecule has 1 heterocycles. The maximum absolute atomic E-state index is 12.9. The normalized spacial score (nSPS) is 15.6. The molecule has 6 nitrogen and oxygen atoms in total. The highest BCUT2D eigenvalue weighted by molar-refractivity contribution is 7.17. The predicted octanol–water partition coefficient (Wildman–Crippen LogP) is 2.84. The van der Waals surface area contributed by atoms with E-state index in [1.807, 2.05) is 0 Å². The summed E-state index contributed by atoms with van der Waals surface area (Å²) in [5, 5.41) is 3.05. The van der Waals surface area contributed by atoms with E-state index in [1.54, 1.807) is 0 Å². The number of esters is 1. The molecule has 148 valence electrons. The molecule has 2 aromatic rings. The fourth-order valence-corrected chi connectivity index (χ4v) is 4.66. The van der Waals surface area contributed by atoms with Gasteiger partial charge in [0, 0.05) is 4.88 Å². The molecule has 3 rings (SSSR count). The third-order valence-corrected chi connectivity index (χ3v) is 5.81. The quantitative estimate of drug-likeness (QED) is 0.723. The van der Waals surface area contributed by atoms with Crippen molar-refractivity contribution in [2.45, 2.75) is 32.6 Å². The number of anilines is 1. The summed E-state index contributed by atoms with van der Waals surface area (Å²) in [4.78, 5) is 37.0. The van der Waals surface area contributed by atoms with Gasteiger partial charge < -0.3 is 15.8 Å². The van der Waals surface area contributed by atoms with Crippen molar-refractivity contribution in [2.24, 2.45) is 11.7 Å². The van der Waals surface area contributed by atoms with E-state index in [0.29, 0.717) is 22.0 Å². The molecule has 28 heavy (non-hydrogen) atoms. The Morgan fingerprint density at radius 1 is 1.29 bits per heavy atom. The van der Waals surface area contributed by atoms with E-state index in [4.69, 9.17) is 10.5 Å². The Hall–Kier alpha value is -2.74. The van der Waals surface area contributed by atoms with Gasteiger partial charge in [-0.25, -0.2) is 4.39 Å². The Kier molecular flexibility index (Phi) is 6.08. The third kappa shape index (κ3) is 4.75. The average Bonchev–Trinajstić information content (AvgIpc) is 2.99. The number of carbonyl (C=O) groups is 3. The lowest BCUT2D eigenvalue weighted by molar-refractivity contribution is -0.146. The van der Waals surface area contributed by atoms with Crippen molar-refractivity contribution in [3.8, 4) is 0 Å². The van der Waals surface area contributed by atoms with Gasteiger partial charge >= 0.3 is 5.97 Å². The van der Waals surface area contributed by atoms with Crippen molar-refractivity contribution in [3.63, 3.8) is 0 Å². The van der Waals surface area contributed by atoms with E-state index in [1.165, 1.54) is 35.6 Å². The number of hydrogen-bond donors (Lipinski definition) is 2. The highest BCUT2D eigenvalue weighted by Crippen LogP contribution is 2.39. The van der Waals surface area contributed by atoms with Gasteiger partial charge in [0.05, 0.1) is 12.0 Å². The van der Waals surface area contributed by atoms with Gasteiger partial charge in [-0.15, -0.1) is 11.3 Å². The number of rotatable bonds is 6. The van der Waals surface area contributed by atoms with E-state index in [0.717, 1.165) is 29.7 Å². The van der Waals surface area contributed by atoms with Gasteiger partial charge in [-0.2, -0.15) is 0 Å². The predicted molar refractivity (Wildman–Crippen MR) is 104 cm³/mol. The van der Waals surface area contributed by atoms with Crippen LogP contribution < -0.4 is 11.1 Å². The molecule has 3 N–H and O–H groups in total. The lowest BCUT2D eigenvalue weighted by Gasteiger charge is -2.18. The van der Waals surface area contributed by atoms with Crippen molar-refractivity contribution in [1.29, 1.82) is 0 Å². The van der Waals surface area contributed by atoms with Crippen LogP contribution in [0.25, 0.3) is 0 Å². The van der Waals surface area contributed by atoms with Crippen molar-refractivity contribution in [3.05, 3.63) is 51.7 Å². The molecule has 0 radical (unpaired) electrons. The Morgan fingerprint density at radius 3 is 2.68 bits per heavy atom. The van der Waals surface area contributed by atoms with Gasteiger partial charge in [-0.1, -0.05) is 19.1 Å². The van der Waals surface area contributed by atoms with Crippen LogP contribution in [0.1, 0.15) is 39.7 Å². The number of hydrogen-bond acceptors (Lipinski definition) is 5. The van der Waals surface area contributed by atoms with E-state index < -0.39 is 30.2 Å². The molecule has 8 heteroatoms. The second-order valence-electron chi connectivity index (χ2n) is 6.93. The van der Waals surface area contributed by atoms with Crippen LogP contribution in [0.5, 0.6) is 0 Å². The van der Waals surface area contributed by atoms with Gasteiger partial charge in [0.1, 0.15) is 10.8 Å². The van der Waals surface area contributed by atoms with Crippen molar-refractivity contribution in [1.82, 2.24) is 0 Å². The van der Waals surface area contributed by atoms with Crippen LogP contribution in [0.15, 0.2) is 24.3 Å². The summed E-state index contributed by atoms with van der Waals surface area (Å²) in [6, 6.07) is 5.46. The largest absolute Gasteiger partial charge is 0.455 e. The Balaban J connectivity index is 1.59. The molecular weight excluding hydrogens is 383 g/mol. The first kappa shape index (κ1) is 20.0. The minimum absolute atomic E-state index is 0.0642. The monoisotopic (exact) mass is 404 g/mol. The first-order valence-electron chi connectivity index (χ1n) is 8.97. The summed E-state index contributed by atoms with van der Waals surface area (Å²) in [7, 11) is 0. The fourth-order valence-electron chi connectivity index (χ4n) is 3.23. The molecule has 0 saturated carbocycles. The molecule has 0 spiro atoms. The zero-order valence-corrected chi connectivity index (χ0v) is 16.2. The molecule has 2 amide bonds. The second kappa shape index (κ2) is 8.52. The average molecular weight is 404 g/mol. The van der Waals surface area contributed by atoms with Crippen molar-refractivity contribution >= 4 is 34.1 Å². The van der Waals surface area contributed by atoms with Crippen LogP contribution in [-0.2, 0) is 33.6 Å². The maximum Gasteiger partial charge on any atom is 0.310 e. The first-order valence-corrected chi connectivity index (χ1v) is 9.79. The minimum atomic E-state index is -0.601. The van der Waals surface area contributed by atoms with Gasteiger partial charge in [0.2, 0.25) is 0 Å². The highest BCUT2D eigenvalue weighted by atomic mass is 32.1. The molecule has 0 bridgehead atoms. The van der Waals surface area contributed by atoms with Gasteiger partial charge in [0.15, 0.2) is 6.61 Å². The smallest absolute Gasteiger partial charge is 0.310 e. The molecule has 0 unspecified atom stereocenters. The molecule has 1 aromatic heterocycles. The standard InChI is InChI=1S/C20H21FN2O4S/c1-11-2-7-14-15(8-11)28-20(18(14)19(22)26)23-16(24)10-27-17(25)9-12-3-5-13(21)6-4-12/h3-6,11H,2,7-10H2,1H3,(H2,22,26)(H,23,24)/t11-/m0/s1. The summed E-state index contributed by atoms with van der Waals surface area (Å²) >= 11 is 1.35. The Morgan fingerprint density at radius 2 is 2.00 bits per heavy atom. The molecule has 1 atom stereocenters. The number of nitrogens with two attached hydrogens (primary N) is 1. The maximum atomic E-state index is 12.9. The summed E-state index contributed by atoms with van der Waals surface area (Å²) < 4.78 is 17.9. The molecular formula is C20H21FN2O4S. The van der Waals surface area contributed by atoms with Crippen LogP contribution in [-0.4, -0.2) is 24.4 Å². The SMILES string of the molecule is C[C@H]1CCc2c(sc(NC(=O)COC(=O)Cc3ccc(F)cc3)c2C(N)=O)C1. The zero-order chi connectivity index (χ0) is 20.3. The summed E-state index contributed by atoms with van der Waals surface area (Å²) in [5.74, 6) is -1.59. The number of halogens is 1. The molecule has 1 aromatic carbocycles.